The standard InChI is InChI=1S/C21H20ClN3O3.C20H17Cl2N3O2/c1-4-25-21(27)20(23-16-12-15(22)10-11-17(16)28-3)18(13(2)26)19(24-25)14-8-6-5-7-9-14;1-3-25-20(27)19(23-15-11-7-10-14(21)17(15)22)16(12(2)26)18(24-25)13-8-5-4-6-9-13/h5-12,23H,4H2,1-3H3;4-11,23H,3H2,1-2H3. The lowest BCUT2D eigenvalue weighted by atomic mass is 10.0. The summed E-state index contributed by atoms with van der Waals surface area (Å²) in [5.41, 5.74) is 3.21. The molecule has 6 rings (SSSR count). The number of Topliss-reactive ketones (excluding diaryl/α,β-unsaturated/α-hetero) is 2. The number of ether oxygens (including phenoxy) is 1. The zero-order valence-electron chi connectivity index (χ0n) is 30.6. The number of carbonyl (C=O) groups excluding carboxylic acids is 2. The van der Waals surface area contributed by atoms with Crippen molar-refractivity contribution in [2.75, 3.05) is 17.7 Å². The van der Waals surface area contributed by atoms with Crippen LogP contribution in [0.25, 0.3) is 22.5 Å². The fourth-order valence-electron chi connectivity index (χ4n) is 5.73. The van der Waals surface area contributed by atoms with Crippen molar-refractivity contribution < 1.29 is 14.3 Å². The van der Waals surface area contributed by atoms with Crippen LogP contribution in [0.2, 0.25) is 15.1 Å². The van der Waals surface area contributed by atoms with E-state index in [-0.39, 0.29) is 39.1 Å². The van der Waals surface area contributed by atoms with Crippen molar-refractivity contribution in [2.24, 2.45) is 0 Å². The first-order chi connectivity index (χ1) is 26.4. The number of halogens is 3. The van der Waals surface area contributed by atoms with E-state index < -0.39 is 11.1 Å². The molecule has 55 heavy (non-hydrogen) atoms. The van der Waals surface area contributed by atoms with Crippen molar-refractivity contribution in [3.63, 3.8) is 0 Å². The fourth-order valence-corrected chi connectivity index (χ4v) is 6.25. The van der Waals surface area contributed by atoms with E-state index in [1.165, 1.54) is 30.3 Å². The molecule has 11 nitrogen and oxygen atoms in total. The van der Waals surface area contributed by atoms with Gasteiger partial charge < -0.3 is 15.4 Å². The number of ketones is 2. The summed E-state index contributed by atoms with van der Waals surface area (Å²) in [4.78, 5) is 50.9. The first kappa shape index (κ1) is 40.4. The summed E-state index contributed by atoms with van der Waals surface area (Å²) >= 11 is 18.4. The number of carbonyl (C=O) groups is 2. The highest BCUT2D eigenvalue weighted by molar-refractivity contribution is 6.43. The minimum absolute atomic E-state index is 0.127. The van der Waals surface area contributed by atoms with Crippen LogP contribution in [-0.2, 0) is 13.1 Å². The lowest BCUT2D eigenvalue weighted by Gasteiger charge is -2.17. The number of nitrogens with one attached hydrogen (secondary N) is 2. The Hall–Kier alpha value is -5.75. The van der Waals surface area contributed by atoms with E-state index >= 15 is 0 Å². The molecule has 2 aromatic heterocycles. The number of aromatic nitrogens is 4. The third-order valence-corrected chi connectivity index (χ3v) is 9.40. The molecule has 2 N–H and O–H groups in total. The van der Waals surface area contributed by atoms with E-state index in [2.05, 4.69) is 20.8 Å². The molecule has 2 heterocycles. The Morgan fingerprint density at radius 3 is 1.56 bits per heavy atom. The van der Waals surface area contributed by atoms with Gasteiger partial charge in [0.25, 0.3) is 11.1 Å². The number of hydrogen-bond donors (Lipinski definition) is 2. The van der Waals surface area contributed by atoms with E-state index in [0.29, 0.717) is 51.6 Å². The van der Waals surface area contributed by atoms with Gasteiger partial charge in [0.2, 0.25) is 0 Å². The van der Waals surface area contributed by atoms with Gasteiger partial charge in [0.1, 0.15) is 28.5 Å². The van der Waals surface area contributed by atoms with Crippen LogP contribution in [0.1, 0.15) is 48.4 Å². The van der Waals surface area contributed by atoms with Gasteiger partial charge in [0.15, 0.2) is 11.6 Å². The van der Waals surface area contributed by atoms with Crippen LogP contribution >= 0.6 is 34.8 Å². The summed E-state index contributed by atoms with van der Waals surface area (Å²) in [6.07, 6.45) is 0. The third-order valence-electron chi connectivity index (χ3n) is 8.34. The molecule has 0 aliphatic rings. The monoisotopic (exact) mass is 798 g/mol. The zero-order chi connectivity index (χ0) is 39.8. The molecule has 0 saturated carbocycles. The summed E-state index contributed by atoms with van der Waals surface area (Å²) in [6, 6.07) is 28.6. The highest BCUT2D eigenvalue weighted by Crippen LogP contribution is 2.35. The first-order valence-electron chi connectivity index (χ1n) is 17.1. The van der Waals surface area contributed by atoms with E-state index in [4.69, 9.17) is 39.5 Å². The van der Waals surface area contributed by atoms with Crippen molar-refractivity contribution in [1.29, 1.82) is 0 Å². The van der Waals surface area contributed by atoms with Gasteiger partial charge in [0, 0.05) is 29.2 Å². The average Bonchev–Trinajstić information content (AvgIpc) is 3.18. The van der Waals surface area contributed by atoms with Crippen LogP contribution in [0.5, 0.6) is 5.75 Å². The summed E-state index contributed by atoms with van der Waals surface area (Å²) in [7, 11) is 1.52. The van der Waals surface area contributed by atoms with Gasteiger partial charge in [-0.2, -0.15) is 10.2 Å². The van der Waals surface area contributed by atoms with Gasteiger partial charge in [-0.25, -0.2) is 9.36 Å². The number of benzene rings is 4. The SMILES string of the molecule is CCn1nc(-c2ccccc2)c(C(C)=O)c(Nc2cc(Cl)ccc2OC)c1=O.CCn1nc(-c2ccccc2)c(C(C)=O)c(Nc2cccc(Cl)c2Cl)c1=O. The zero-order valence-corrected chi connectivity index (χ0v) is 32.9. The smallest absolute Gasteiger partial charge is 0.291 e. The Kier molecular flexibility index (Phi) is 13.3. The summed E-state index contributed by atoms with van der Waals surface area (Å²) in [5.74, 6) is -0.0445. The van der Waals surface area contributed by atoms with Crippen molar-refractivity contribution in [1.82, 2.24) is 19.6 Å². The lowest BCUT2D eigenvalue weighted by Crippen LogP contribution is -2.28. The van der Waals surface area contributed by atoms with Crippen molar-refractivity contribution in [3.05, 3.63) is 144 Å². The van der Waals surface area contributed by atoms with Crippen molar-refractivity contribution >= 4 is 69.1 Å². The van der Waals surface area contributed by atoms with Crippen molar-refractivity contribution in [3.8, 4) is 28.3 Å². The summed E-state index contributed by atoms with van der Waals surface area (Å²) in [5, 5.41) is 16.0. The maximum Gasteiger partial charge on any atom is 0.291 e. The van der Waals surface area contributed by atoms with Gasteiger partial charge in [-0.3, -0.25) is 19.2 Å². The second-order valence-corrected chi connectivity index (χ2v) is 13.2. The molecule has 14 heteroatoms. The summed E-state index contributed by atoms with van der Waals surface area (Å²) < 4.78 is 8.00. The third kappa shape index (κ3) is 8.97. The average molecular weight is 800 g/mol. The molecule has 0 aliphatic heterocycles. The predicted molar refractivity (Wildman–Crippen MR) is 220 cm³/mol. The van der Waals surface area contributed by atoms with Crippen LogP contribution < -0.4 is 26.5 Å². The van der Waals surface area contributed by atoms with Gasteiger partial charge in [0.05, 0.1) is 39.7 Å². The minimum Gasteiger partial charge on any atom is -0.495 e. The van der Waals surface area contributed by atoms with Crippen LogP contribution in [0, 0.1) is 0 Å². The highest BCUT2D eigenvalue weighted by atomic mass is 35.5. The van der Waals surface area contributed by atoms with Gasteiger partial charge in [-0.15, -0.1) is 0 Å². The van der Waals surface area contributed by atoms with Crippen LogP contribution in [0.4, 0.5) is 22.7 Å². The fraction of sp³-hybridized carbons (Fsp3) is 0.171. The number of anilines is 4. The topological polar surface area (TPSA) is 137 Å². The van der Waals surface area contributed by atoms with Gasteiger partial charge in [-0.1, -0.05) is 102 Å². The lowest BCUT2D eigenvalue weighted by molar-refractivity contribution is 0.101. The molecule has 6 aromatic rings. The Bertz CT molecular complexity index is 2490. The first-order valence-corrected chi connectivity index (χ1v) is 18.3. The maximum absolute atomic E-state index is 13.0. The Labute approximate surface area is 332 Å². The molecule has 0 bridgehead atoms. The number of hydrogen-bond acceptors (Lipinski definition) is 9. The molecule has 0 aliphatic carbocycles. The Balaban J connectivity index is 0.000000211. The Morgan fingerprint density at radius 2 is 1.13 bits per heavy atom. The molecule has 4 aromatic carbocycles. The summed E-state index contributed by atoms with van der Waals surface area (Å²) in [6.45, 7) is 7.17. The second-order valence-electron chi connectivity index (χ2n) is 12.0. The predicted octanol–water partition coefficient (Wildman–Crippen LogP) is 9.72. The number of methoxy groups -OCH3 is 1. The molecular weight excluding hydrogens is 763 g/mol. The molecule has 0 amide bonds. The minimum atomic E-state index is -0.404. The molecule has 0 spiro atoms. The number of nitrogens with zero attached hydrogens (tertiary/aromatic N) is 4. The highest BCUT2D eigenvalue weighted by Gasteiger charge is 2.24. The van der Waals surface area contributed by atoms with E-state index in [1.54, 1.807) is 36.4 Å². The molecule has 0 radical (unpaired) electrons. The normalized spacial score (nSPS) is 10.6. The second kappa shape index (κ2) is 18.1. The molecular formula is C41H37Cl3N6O5. The maximum atomic E-state index is 13.0. The van der Waals surface area contributed by atoms with Crippen LogP contribution in [0.3, 0.4) is 0 Å². The van der Waals surface area contributed by atoms with E-state index in [1.807, 2.05) is 74.5 Å². The largest absolute Gasteiger partial charge is 0.495 e. The number of rotatable bonds is 11. The van der Waals surface area contributed by atoms with Gasteiger partial charge >= 0.3 is 0 Å². The van der Waals surface area contributed by atoms with Crippen LogP contribution in [0.15, 0.2) is 107 Å². The molecule has 0 unspecified atom stereocenters. The number of aryl methyl sites for hydroxylation is 2. The molecule has 0 fully saturated rings. The molecule has 0 atom stereocenters. The van der Waals surface area contributed by atoms with Gasteiger partial charge in [-0.05, 0) is 58.0 Å². The quantitative estimate of drug-likeness (QED) is 0.123. The Morgan fingerprint density at radius 1 is 0.655 bits per heavy atom. The van der Waals surface area contributed by atoms with Crippen LogP contribution in [-0.4, -0.2) is 38.2 Å². The molecule has 282 valence electrons. The van der Waals surface area contributed by atoms with E-state index in [9.17, 15) is 19.2 Å². The van der Waals surface area contributed by atoms with E-state index in [0.717, 1.165) is 11.1 Å². The van der Waals surface area contributed by atoms with Crippen molar-refractivity contribution in [2.45, 2.75) is 40.8 Å². The molecule has 0 saturated heterocycles.